The highest BCUT2D eigenvalue weighted by Gasteiger charge is 2.19. The van der Waals surface area contributed by atoms with Gasteiger partial charge in [-0.2, -0.15) is 5.10 Å². The molecule has 10 nitrogen and oxygen atoms in total. The van der Waals surface area contributed by atoms with Gasteiger partial charge in [-0.3, -0.25) is 19.5 Å². The molecule has 0 atom stereocenters. The number of para-hydroxylation sites is 1. The van der Waals surface area contributed by atoms with E-state index in [0.717, 1.165) is 6.07 Å². The fraction of sp³-hybridized carbons (Fsp3) is 0.167. The van der Waals surface area contributed by atoms with Crippen molar-refractivity contribution in [1.82, 2.24) is 9.55 Å². The van der Waals surface area contributed by atoms with Crippen LogP contribution < -0.4 is 15.7 Å². The second kappa shape index (κ2) is 7.74. The standard InChI is InChI=1S/C18H17N5O5/c1-3-22-17(25)12-6-4-5-7-13(12)20-18(22)21-19-10-11-8-14(23(26)27)16(24)15(9-11)28-2/h4-10,24H,3H2,1-2H3,(H,20,21)/b19-10+. The van der Waals surface area contributed by atoms with E-state index >= 15 is 0 Å². The van der Waals surface area contributed by atoms with Gasteiger partial charge in [-0.25, -0.2) is 10.4 Å². The van der Waals surface area contributed by atoms with Crippen molar-refractivity contribution in [3.05, 3.63) is 62.4 Å². The zero-order valence-electron chi connectivity index (χ0n) is 15.1. The number of rotatable bonds is 6. The lowest BCUT2D eigenvalue weighted by Crippen LogP contribution is -2.23. The Bertz CT molecular complexity index is 1140. The number of ether oxygens (including phenoxy) is 1. The molecule has 0 aliphatic heterocycles. The van der Waals surface area contributed by atoms with E-state index in [1.165, 1.54) is 24.0 Å². The molecule has 10 heteroatoms. The molecule has 0 bridgehead atoms. The van der Waals surface area contributed by atoms with E-state index in [4.69, 9.17) is 4.74 Å². The van der Waals surface area contributed by atoms with Crippen LogP contribution in [-0.4, -0.2) is 32.9 Å². The number of nitrogens with one attached hydrogen (secondary N) is 1. The van der Waals surface area contributed by atoms with Crippen LogP contribution in [0.2, 0.25) is 0 Å². The number of nitrogens with zero attached hydrogens (tertiary/aromatic N) is 4. The van der Waals surface area contributed by atoms with Crippen LogP contribution in [0.25, 0.3) is 10.9 Å². The Kier molecular flexibility index (Phi) is 5.21. The summed E-state index contributed by atoms with van der Waals surface area (Å²) >= 11 is 0. The largest absolute Gasteiger partial charge is 0.500 e. The number of hydrogen-bond donors (Lipinski definition) is 2. The van der Waals surface area contributed by atoms with Crippen LogP contribution in [0, 0.1) is 10.1 Å². The van der Waals surface area contributed by atoms with Crippen molar-refractivity contribution in [1.29, 1.82) is 0 Å². The lowest BCUT2D eigenvalue weighted by Gasteiger charge is -2.10. The maximum Gasteiger partial charge on any atom is 0.315 e. The van der Waals surface area contributed by atoms with Gasteiger partial charge in [-0.1, -0.05) is 12.1 Å². The topological polar surface area (TPSA) is 132 Å². The first-order chi connectivity index (χ1) is 13.5. The van der Waals surface area contributed by atoms with Crippen molar-refractivity contribution in [2.75, 3.05) is 12.5 Å². The van der Waals surface area contributed by atoms with Gasteiger partial charge < -0.3 is 9.84 Å². The van der Waals surface area contributed by atoms with Crippen molar-refractivity contribution in [2.24, 2.45) is 5.10 Å². The van der Waals surface area contributed by atoms with Crippen LogP contribution in [0.15, 0.2) is 46.3 Å². The minimum Gasteiger partial charge on any atom is -0.500 e. The van der Waals surface area contributed by atoms with E-state index in [2.05, 4.69) is 15.5 Å². The Morgan fingerprint density at radius 2 is 2.14 bits per heavy atom. The molecule has 144 valence electrons. The Morgan fingerprint density at radius 3 is 2.82 bits per heavy atom. The molecule has 2 N–H and O–H groups in total. The third-order valence-electron chi connectivity index (χ3n) is 4.05. The number of fused-ring (bicyclic) bond motifs is 1. The molecule has 2 aromatic carbocycles. The number of phenols is 1. The summed E-state index contributed by atoms with van der Waals surface area (Å²) in [6.45, 7) is 2.19. The van der Waals surface area contributed by atoms with E-state index < -0.39 is 16.4 Å². The van der Waals surface area contributed by atoms with Crippen LogP contribution >= 0.6 is 0 Å². The second-order valence-electron chi connectivity index (χ2n) is 5.72. The molecule has 0 aliphatic rings. The zero-order chi connectivity index (χ0) is 20.3. The van der Waals surface area contributed by atoms with Crippen LogP contribution in [0.5, 0.6) is 11.5 Å². The number of aromatic nitrogens is 2. The quantitative estimate of drug-likeness (QED) is 0.380. The van der Waals surface area contributed by atoms with Crippen LogP contribution in [0.4, 0.5) is 11.6 Å². The molecule has 3 aromatic rings. The summed E-state index contributed by atoms with van der Waals surface area (Å²) in [6.07, 6.45) is 1.30. The van der Waals surface area contributed by atoms with Gasteiger partial charge in [0.1, 0.15) is 0 Å². The fourth-order valence-electron chi connectivity index (χ4n) is 2.69. The third-order valence-corrected chi connectivity index (χ3v) is 4.05. The van der Waals surface area contributed by atoms with Gasteiger partial charge in [0.25, 0.3) is 5.56 Å². The van der Waals surface area contributed by atoms with Crippen molar-refractivity contribution in [2.45, 2.75) is 13.5 Å². The van der Waals surface area contributed by atoms with Crippen molar-refractivity contribution >= 4 is 28.8 Å². The van der Waals surface area contributed by atoms with Gasteiger partial charge in [0.05, 0.1) is 29.2 Å². The molecule has 28 heavy (non-hydrogen) atoms. The number of hydrazone groups is 1. The summed E-state index contributed by atoms with van der Waals surface area (Å²) in [6, 6.07) is 9.52. The maximum atomic E-state index is 12.6. The molecular formula is C18H17N5O5. The predicted molar refractivity (Wildman–Crippen MR) is 104 cm³/mol. The summed E-state index contributed by atoms with van der Waals surface area (Å²) in [5.41, 5.74) is 2.83. The summed E-state index contributed by atoms with van der Waals surface area (Å²) in [4.78, 5) is 27.3. The Morgan fingerprint density at radius 1 is 1.39 bits per heavy atom. The maximum absolute atomic E-state index is 12.6. The highest BCUT2D eigenvalue weighted by atomic mass is 16.6. The summed E-state index contributed by atoms with van der Waals surface area (Å²) in [5, 5.41) is 25.4. The minimum absolute atomic E-state index is 0.0510. The van der Waals surface area contributed by atoms with Gasteiger partial charge in [0.15, 0.2) is 5.75 Å². The predicted octanol–water partition coefficient (Wildman–Crippen LogP) is 2.48. The van der Waals surface area contributed by atoms with E-state index in [9.17, 15) is 20.0 Å². The third kappa shape index (κ3) is 3.47. The number of aromatic hydroxyl groups is 1. The van der Waals surface area contributed by atoms with Crippen molar-refractivity contribution < 1.29 is 14.8 Å². The van der Waals surface area contributed by atoms with Crippen molar-refractivity contribution in [3.8, 4) is 11.5 Å². The first kappa shape index (κ1) is 18.8. The van der Waals surface area contributed by atoms with Gasteiger partial charge in [0, 0.05) is 18.2 Å². The smallest absolute Gasteiger partial charge is 0.315 e. The zero-order valence-corrected chi connectivity index (χ0v) is 15.1. The monoisotopic (exact) mass is 383 g/mol. The molecule has 0 fully saturated rings. The molecule has 0 aliphatic carbocycles. The Labute approximate surface area is 158 Å². The molecule has 3 rings (SSSR count). The molecule has 0 amide bonds. The van der Waals surface area contributed by atoms with E-state index in [0.29, 0.717) is 23.0 Å². The SMILES string of the molecule is CCn1c(N/N=C/c2cc(OC)c(O)c([N+](=O)[O-])c2)nc2ccccc2c1=O. The molecule has 0 saturated heterocycles. The molecular weight excluding hydrogens is 366 g/mol. The summed E-state index contributed by atoms with van der Waals surface area (Å²) in [5.74, 6) is -0.374. The first-order valence-electron chi connectivity index (χ1n) is 8.30. The van der Waals surface area contributed by atoms with Gasteiger partial charge in [-0.15, -0.1) is 0 Å². The molecule has 0 radical (unpaired) electrons. The number of anilines is 1. The summed E-state index contributed by atoms with van der Waals surface area (Å²) in [7, 11) is 1.29. The van der Waals surface area contributed by atoms with Crippen LogP contribution in [0.1, 0.15) is 12.5 Å². The minimum atomic E-state index is -0.720. The van der Waals surface area contributed by atoms with Crippen LogP contribution in [0.3, 0.4) is 0 Å². The highest BCUT2D eigenvalue weighted by Crippen LogP contribution is 2.36. The highest BCUT2D eigenvalue weighted by molar-refractivity contribution is 5.84. The number of nitro benzene ring substituents is 1. The Hall–Kier alpha value is -3.95. The molecule has 0 spiro atoms. The lowest BCUT2D eigenvalue weighted by molar-refractivity contribution is -0.386. The van der Waals surface area contributed by atoms with Gasteiger partial charge in [-0.05, 0) is 25.1 Å². The Balaban J connectivity index is 1.96. The summed E-state index contributed by atoms with van der Waals surface area (Å²) < 4.78 is 6.38. The average Bonchev–Trinajstić information content (AvgIpc) is 2.69. The second-order valence-corrected chi connectivity index (χ2v) is 5.72. The molecule has 0 saturated carbocycles. The number of hydrogen-bond acceptors (Lipinski definition) is 8. The normalized spacial score (nSPS) is 11.1. The molecule has 1 heterocycles. The van der Waals surface area contributed by atoms with Gasteiger partial charge >= 0.3 is 5.69 Å². The van der Waals surface area contributed by atoms with Crippen molar-refractivity contribution in [3.63, 3.8) is 0 Å². The molecule has 1 aromatic heterocycles. The van der Waals surface area contributed by atoms with Gasteiger partial charge in [0.2, 0.25) is 11.7 Å². The van der Waals surface area contributed by atoms with E-state index in [-0.39, 0.29) is 17.3 Å². The number of phenolic OH excluding ortho intramolecular Hbond substituents is 1. The molecule has 0 unspecified atom stereocenters. The van der Waals surface area contributed by atoms with Crippen LogP contribution in [-0.2, 0) is 6.54 Å². The number of benzene rings is 2. The van der Waals surface area contributed by atoms with E-state index in [1.807, 2.05) is 0 Å². The number of nitro groups is 1. The first-order valence-corrected chi connectivity index (χ1v) is 8.30. The number of methoxy groups -OCH3 is 1. The fourth-order valence-corrected chi connectivity index (χ4v) is 2.69. The average molecular weight is 383 g/mol. The lowest BCUT2D eigenvalue weighted by atomic mass is 10.2. The van der Waals surface area contributed by atoms with E-state index in [1.54, 1.807) is 31.2 Å².